The van der Waals surface area contributed by atoms with E-state index < -0.39 is 91.5 Å². The van der Waals surface area contributed by atoms with E-state index in [1.807, 2.05) is 0 Å². The largest absolute Gasteiger partial charge is 0.472 e. The predicted octanol–water partition coefficient (Wildman–Crippen LogP) is 23.1. The third kappa shape index (κ3) is 76.6. The van der Waals surface area contributed by atoms with Gasteiger partial charge in [-0.3, -0.25) is 32.5 Å². The number of aliphatic hydroxyl groups is 2. The fourth-order valence-corrected chi connectivity index (χ4v) is 11.9. The summed E-state index contributed by atoms with van der Waals surface area (Å²) in [5, 5.41) is 20.6. The number of phosphoric acid groups is 2. The van der Waals surface area contributed by atoms with Crippen molar-refractivity contribution >= 4 is 33.6 Å². The van der Waals surface area contributed by atoms with E-state index in [-0.39, 0.29) is 19.3 Å². The topological polar surface area (TPSA) is 231 Å². The summed E-state index contributed by atoms with van der Waals surface area (Å²) in [6.07, 6.45) is 91.1. The number of carbonyl (C=O) groups excluding carboxylic acids is 3. The van der Waals surface area contributed by atoms with Crippen molar-refractivity contribution < 1.29 is 75.8 Å². The second-order valence-corrected chi connectivity index (χ2v) is 29.0. The van der Waals surface area contributed by atoms with Gasteiger partial charge in [0.05, 0.1) is 26.4 Å². The highest BCUT2D eigenvalue weighted by molar-refractivity contribution is 7.47. The van der Waals surface area contributed by atoms with Crippen LogP contribution in [0.2, 0.25) is 0 Å². The van der Waals surface area contributed by atoms with E-state index in [1.54, 1.807) is 0 Å². The van der Waals surface area contributed by atoms with Crippen LogP contribution in [-0.4, -0.2) is 95.9 Å². The molecule has 0 spiro atoms. The number of hydrogen-bond donors (Lipinski definition) is 4. The van der Waals surface area contributed by atoms with Gasteiger partial charge in [-0.2, -0.15) is 0 Å². The van der Waals surface area contributed by atoms with Gasteiger partial charge in [0.25, 0.3) is 0 Å². The molecule has 0 saturated carbocycles. The van der Waals surface area contributed by atoms with Gasteiger partial charge in [-0.15, -0.1) is 0 Å². The van der Waals surface area contributed by atoms with Crippen LogP contribution in [0.25, 0.3) is 0 Å². The summed E-state index contributed by atoms with van der Waals surface area (Å²) in [5.74, 6) is -1.64. The molecule has 0 amide bonds. The zero-order chi connectivity index (χ0) is 73.7. The lowest BCUT2D eigenvalue weighted by molar-refractivity contribution is -0.161. The molecule has 0 rings (SSSR count). The van der Waals surface area contributed by atoms with Gasteiger partial charge >= 0.3 is 33.6 Å². The third-order valence-electron chi connectivity index (χ3n) is 16.3. The molecule has 5 atom stereocenters. The van der Waals surface area contributed by atoms with Crippen molar-refractivity contribution in [3.63, 3.8) is 0 Å². The lowest BCUT2D eigenvalue weighted by atomic mass is 10.0. The minimum atomic E-state index is -4.94. The molecule has 0 fully saturated rings. The Morgan fingerprint density at radius 2 is 0.535 bits per heavy atom. The van der Waals surface area contributed by atoms with E-state index in [0.717, 1.165) is 128 Å². The first-order valence-corrected chi connectivity index (χ1v) is 42.5. The normalized spacial score (nSPS) is 14.7. The van der Waals surface area contributed by atoms with E-state index in [0.29, 0.717) is 19.3 Å². The molecular weight excluding hydrogens is 1310 g/mol. The molecule has 0 aliphatic heterocycles. The minimum Gasteiger partial charge on any atom is -0.463 e. The molecule has 5 unspecified atom stereocenters. The number of carbonyl (C=O) groups is 3. The lowest BCUT2D eigenvalue weighted by Crippen LogP contribution is -2.30. The van der Waals surface area contributed by atoms with Crippen LogP contribution in [0.5, 0.6) is 0 Å². The van der Waals surface area contributed by atoms with Crippen LogP contribution in [0.1, 0.15) is 316 Å². The summed E-state index contributed by atoms with van der Waals surface area (Å²) in [7, 11) is -9.80. The Kier molecular flexibility index (Phi) is 72.2. The van der Waals surface area contributed by atoms with Gasteiger partial charge in [-0.05, 0) is 135 Å². The molecule has 4 N–H and O–H groups in total. The number of rotatable bonds is 74. The van der Waals surface area contributed by atoms with Gasteiger partial charge in [0.2, 0.25) is 0 Å². The molecule has 580 valence electrons. The summed E-state index contributed by atoms with van der Waals surface area (Å²) in [6, 6.07) is 0. The van der Waals surface area contributed by atoms with Crippen LogP contribution in [0.15, 0.2) is 134 Å². The smallest absolute Gasteiger partial charge is 0.463 e. The highest BCUT2D eigenvalue weighted by atomic mass is 31.2. The van der Waals surface area contributed by atoms with Crippen LogP contribution in [0, 0.1) is 0 Å². The molecule has 0 aromatic heterocycles. The maximum atomic E-state index is 12.9. The number of unbranched alkanes of at least 4 members (excludes halogenated alkanes) is 29. The number of esters is 3. The van der Waals surface area contributed by atoms with Crippen LogP contribution in [0.4, 0.5) is 0 Å². The molecule has 0 aliphatic rings. The van der Waals surface area contributed by atoms with Crippen molar-refractivity contribution in [3.05, 3.63) is 134 Å². The summed E-state index contributed by atoms with van der Waals surface area (Å²) in [5.41, 5.74) is 0. The number of aliphatic hydroxyl groups excluding tert-OH is 2. The van der Waals surface area contributed by atoms with Gasteiger partial charge < -0.3 is 34.2 Å². The Balaban J connectivity index is 4.40. The molecular formula is C83H142O16P2. The summed E-state index contributed by atoms with van der Waals surface area (Å²) in [4.78, 5) is 58.5. The zero-order valence-electron chi connectivity index (χ0n) is 63.3. The van der Waals surface area contributed by atoms with E-state index >= 15 is 0 Å². The van der Waals surface area contributed by atoms with Gasteiger partial charge in [0, 0.05) is 19.3 Å². The molecule has 0 aromatic carbocycles. The second kappa shape index (κ2) is 75.4. The molecule has 16 nitrogen and oxygen atoms in total. The average Bonchev–Trinajstić information content (AvgIpc) is 0.947. The standard InChI is InChI=1S/C83H142O16P2/c1-4-7-10-13-16-19-22-24-26-28-30-32-33-34-35-36-37-38-39-40-41-42-43-45-47-48-50-52-55-57-60-63-66-69-81(86)93-72-78(84)73-95-100(89,90)96-74-79(85)75-97-101(91,92)98-77-80(99-83(88)71-68-65-62-59-54-21-18-15-12-9-6-3)76-94-82(87)70-67-64-61-58-56-53-51-49-46-44-31-29-27-25-23-20-17-14-11-8-5-2/h8,11,15-20,24-27,30-32,34-35,44,49,51,56,58,78-80,84-85H,4-7,9-10,12-14,21-23,28-29,33,36-43,45-48,50,52-55,57,59-77H2,1-3H3,(H,89,90)(H,91,92)/b11-8-,18-15-,19-16-,20-17-,26-24-,27-25-,32-30-,35-34-,44-31-,51-49-,58-56-. The van der Waals surface area contributed by atoms with Crippen molar-refractivity contribution in [2.24, 2.45) is 0 Å². The first kappa shape index (κ1) is 96.7. The second-order valence-electron chi connectivity index (χ2n) is 26.1. The van der Waals surface area contributed by atoms with Gasteiger partial charge in [-0.25, -0.2) is 9.13 Å². The predicted molar refractivity (Wildman–Crippen MR) is 417 cm³/mol. The van der Waals surface area contributed by atoms with Gasteiger partial charge in [-0.1, -0.05) is 296 Å². The van der Waals surface area contributed by atoms with E-state index in [1.165, 1.54) is 128 Å². The Bertz CT molecular complexity index is 2370. The first-order valence-electron chi connectivity index (χ1n) is 39.5. The van der Waals surface area contributed by atoms with E-state index in [4.69, 9.17) is 32.3 Å². The van der Waals surface area contributed by atoms with Crippen molar-refractivity contribution in [3.8, 4) is 0 Å². The molecule has 0 bridgehead atoms. The zero-order valence-corrected chi connectivity index (χ0v) is 65.1. The van der Waals surface area contributed by atoms with Gasteiger partial charge in [0.15, 0.2) is 6.10 Å². The number of hydrogen-bond acceptors (Lipinski definition) is 14. The number of allylic oxidation sites excluding steroid dienone is 22. The molecule has 0 radical (unpaired) electrons. The molecule has 0 aromatic rings. The lowest BCUT2D eigenvalue weighted by Gasteiger charge is -2.21. The van der Waals surface area contributed by atoms with Crippen molar-refractivity contribution in [2.75, 3.05) is 39.6 Å². The number of ether oxygens (including phenoxy) is 3. The average molecular weight is 1460 g/mol. The van der Waals surface area contributed by atoms with E-state index in [9.17, 15) is 43.5 Å². The maximum Gasteiger partial charge on any atom is 0.472 e. The molecule has 0 aliphatic carbocycles. The summed E-state index contributed by atoms with van der Waals surface area (Å²) in [6.45, 7) is 2.43. The molecule has 101 heavy (non-hydrogen) atoms. The van der Waals surface area contributed by atoms with Crippen molar-refractivity contribution in [2.45, 2.75) is 334 Å². The van der Waals surface area contributed by atoms with Crippen LogP contribution in [0.3, 0.4) is 0 Å². The summed E-state index contributed by atoms with van der Waals surface area (Å²) < 4.78 is 61.0. The van der Waals surface area contributed by atoms with Crippen molar-refractivity contribution in [1.29, 1.82) is 0 Å². The molecule has 18 heteroatoms. The molecule has 0 saturated heterocycles. The van der Waals surface area contributed by atoms with Crippen LogP contribution < -0.4 is 0 Å². The van der Waals surface area contributed by atoms with Crippen LogP contribution in [-0.2, 0) is 55.8 Å². The first-order chi connectivity index (χ1) is 49.2. The van der Waals surface area contributed by atoms with E-state index in [2.05, 4.69) is 154 Å². The van der Waals surface area contributed by atoms with Gasteiger partial charge in [0.1, 0.15) is 25.4 Å². The molecule has 0 heterocycles. The quantitative estimate of drug-likeness (QED) is 0.0146. The fourth-order valence-electron chi connectivity index (χ4n) is 10.3. The highest BCUT2D eigenvalue weighted by Crippen LogP contribution is 2.45. The third-order valence-corrected chi connectivity index (χ3v) is 18.2. The van der Waals surface area contributed by atoms with Crippen molar-refractivity contribution in [1.82, 2.24) is 0 Å². The Labute approximate surface area is 614 Å². The number of phosphoric ester groups is 2. The highest BCUT2D eigenvalue weighted by Gasteiger charge is 2.29. The fraction of sp³-hybridized carbons (Fsp3) is 0.699. The Morgan fingerprint density at radius 1 is 0.287 bits per heavy atom. The summed E-state index contributed by atoms with van der Waals surface area (Å²) >= 11 is 0. The maximum absolute atomic E-state index is 12.9. The monoisotopic (exact) mass is 1460 g/mol. The Morgan fingerprint density at radius 3 is 0.891 bits per heavy atom. The van der Waals surface area contributed by atoms with Crippen LogP contribution >= 0.6 is 15.6 Å². The Hall–Kier alpha value is -4.31. The minimum absolute atomic E-state index is 0.0813. The SMILES string of the molecule is CC/C=C\C/C=C\C/C=C\C/C=C\C/C=C\C/C=C\CCCCC(=O)OCC(COP(=O)(O)OCC(O)COP(=O)(O)OCC(O)COC(=O)CCCCCCCCCCCCCCCCCCC/C=C\C/C=C\C/C=C\C/C=C\CCCCC)OC(=O)CCCCCCC/C=C\CCCC.